The van der Waals surface area contributed by atoms with Gasteiger partial charge in [0.1, 0.15) is 28.5 Å². The maximum atomic E-state index is 13.5. The molecule has 2 heterocycles. The summed E-state index contributed by atoms with van der Waals surface area (Å²) in [4.78, 5) is 0. The highest BCUT2D eigenvalue weighted by Crippen LogP contribution is 2.40. The molecule has 3 nitrogen and oxygen atoms in total. The Morgan fingerprint density at radius 1 is 1.29 bits per heavy atom. The van der Waals surface area contributed by atoms with Gasteiger partial charge in [0.25, 0.3) is 0 Å². The molecule has 2 aromatic rings. The average Bonchev–Trinajstić information content (AvgIpc) is 3.05. The number of epoxide rings is 1. The normalized spacial score (nSPS) is 18.4. The number of hydrogen-bond acceptors (Lipinski definition) is 3. The summed E-state index contributed by atoms with van der Waals surface area (Å²) in [7, 11) is 0. The molecule has 1 aromatic heterocycles. The maximum Gasteiger partial charge on any atom is 0.187 e. The molecule has 0 radical (unpaired) electrons. The summed E-state index contributed by atoms with van der Waals surface area (Å²) >= 11 is 5.97. The predicted molar refractivity (Wildman–Crippen MR) is 55.6 cm³/mol. The second-order valence-corrected chi connectivity index (χ2v) is 4.01. The zero-order valence-electron chi connectivity index (χ0n) is 8.41. The zero-order chi connectivity index (χ0) is 12.0. The Kier molecular flexibility index (Phi) is 2.38. The number of benzene rings is 1. The van der Waals surface area contributed by atoms with Crippen molar-refractivity contribution in [3.05, 3.63) is 40.6 Å². The second kappa shape index (κ2) is 3.78. The van der Waals surface area contributed by atoms with Gasteiger partial charge in [0.2, 0.25) is 0 Å². The first kappa shape index (κ1) is 10.7. The van der Waals surface area contributed by atoms with Crippen LogP contribution in [-0.2, 0) is 4.74 Å². The van der Waals surface area contributed by atoms with Crippen molar-refractivity contribution in [3.8, 4) is 11.3 Å². The number of aromatic nitrogens is 1. The fraction of sp³-hybridized carbons (Fsp3) is 0.182. The molecule has 0 saturated carbocycles. The lowest BCUT2D eigenvalue weighted by Crippen LogP contribution is -1.90. The molecule has 0 spiro atoms. The van der Waals surface area contributed by atoms with Crippen LogP contribution in [0, 0.1) is 11.6 Å². The largest absolute Gasteiger partial charge is 0.364 e. The maximum absolute atomic E-state index is 13.5. The Hall–Kier alpha value is -1.46. The smallest absolute Gasteiger partial charge is 0.187 e. The van der Waals surface area contributed by atoms with E-state index in [1.54, 1.807) is 0 Å². The summed E-state index contributed by atoms with van der Waals surface area (Å²) in [6.45, 7) is 0.480. The van der Waals surface area contributed by atoms with Crippen LogP contribution in [0.4, 0.5) is 8.78 Å². The standard InChI is InChI=1S/C11H6ClF2NO2/c12-9-10(15-17-11(9)7-4-16-7)8-5(13)2-1-3-6(8)14/h1-3,7H,4H2. The number of hydrogen-bond donors (Lipinski definition) is 0. The Bertz CT molecular complexity index is 561. The highest BCUT2D eigenvalue weighted by atomic mass is 35.5. The van der Waals surface area contributed by atoms with Crippen molar-refractivity contribution in [1.29, 1.82) is 0 Å². The van der Waals surface area contributed by atoms with E-state index < -0.39 is 11.6 Å². The van der Waals surface area contributed by atoms with Gasteiger partial charge in [-0.2, -0.15) is 0 Å². The molecule has 1 atom stereocenters. The number of ether oxygens (including phenoxy) is 1. The fourth-order valence-electron chi connectivity index (χ4n) is 1.57. The van der Waals surface area contributed by atoms with E-state index in [1.807, 2.05) is 0 Å². The molecular weight excluding hydrogens is 252 g/mol. The van der Waals surface area contributed by atoms with Gasteiger partial charge in [0.15, 0.2) is 5.76 Å². The minimum Gasteiger partial charge on any atom is -0.364 e. The summed E-state index contributed by atoms with van der Waals surface area (Å²) in [6, 6.07) is 3.54. The van der Waals surface area contributed by atoms with Crippen molar-refractivity contribution in [1.82, 2.24) is 5.16 Å². The van der Waals surface area contributed by atoms with E-state index in [4.69, 9.17) is 20.9 Å². The van der Waals surface area contributed by atoms with E-state index >= 15 is 0 Å². The molecule has 1 aromatic carbocycles. The highest BCUT2D eigenvalue weighted by Gasteiger charge is 2.34. The Morgan fingerprint density at radius 2 is 1.94 bits per heavy atom. The molecule has 0 aliphatic carbocycles. The summed E-state index contributed by atoms with van der Waals surface area (Å²) < 4.78 is 37.0. The molecule has 6 heteroatoms. The van der Waals surface area contributed by atoms with Crippen molar-refractivity contribution < 1.29 is 18.0 Å². The van der Waals surface area contributed by atoms with E-state index in [0.29, 0.717) is 12.4 Å². The molecule has 88 valence electrons. The van der Waals surface area contributed by atoms with Crippen LogP contribution < -0.4 is 0 Å². The monoisotopic (exact) mass is 257 g/mol. The van der Waals surface area contributed by atoms with Gasteiger partial charge in [-0.05, 0) is 12.1 Å². The summed E-state index contributed by atoms with van der Waals surface area (Å²) in [6.07, 6.45) is -0.251. The topological polar surface area (TPSA) is 38.6 Å². The van der Waals surface area contributed by atoms with Gasteiger partial charge in [0.05, 0.1) is 12.2 Å². The number of rotatable bonds is 2. The lowest BCUT2D eigenvalue weighted by molar-refractivity contribution is 0.326. The van der Waals surface area contributed by atoms with Crippen LogP contribution in [0.1, 0.15) is 11.9 Å². The zero-order valence-corrected chi connectivity index (χ0v) is 9.17. The minimum absolute atomic E-state index is 0.0345. The molecule has 17 heavy (non-hydrogen) atoms. The minimum atomic E-state index is -0.733. The van der Waals surface area contributed by atoms with Crippen LogP contribution in [0.5, 0.6) is 0 Å². The molecule has 1 fully saturated rings. The lowest BCUT2D eigenvalue weighted by atomic mass is 10.1. The molecule has 1 unspecified atom stereocenters. The van der Waals surface area contributed by atoms with Crippen LogP contribution in [-0.4, -0.2) is 11.8 Å². The van der Waals surface area contributed by atoms with Gasteiger partial charge in [-0.1, -0.05) is 22.8 Å². The Balaban J connectivity index is 2.15. The average molecular weight is 258 g/mol. The molecule has 1 aliphatic heterocycles. The van der Waals surface area contributed by atoms with Gasteiger partial charge in [-0.3, -0.25) is 0 Å². The molecule has 3 rings (SSSR count). The van der Waals surface area contributed by atoms with E-state index in [2.05, 4.69) is 5.16 Å². The highest BCUT2D eigenvalue weighted by molar-refractivity contribution is 6.33. The van der Waals surface area contributed by atoms with Gasteiger partial charge < -0.3 is 9.26 Å². The number of nitrogens with zero attached hydrogens (tertiary/aromatic N) is 1. The molecule has 0 bridgehead atoms. The van der Waals surface area contributed by atoms with Gasteiger partial charge in [-0.25, -0.2) is 8.78 Å². The van der Waals surface area contributed by atoms with Crippen molar-refractivity contribution >= 4 is 11.6 Å². The third kappa shape index (κ3) is 1.71. The molecule has 0 amide bonds. The predicted octanol–water partition coefficient (Wildman–Crippen LogP) is 3.34. The molecule has 1 aliphatic rings. The Labute approximate surface area is 99.9 Å². The summed E-state index contributed by atoms with van der Waals surface area (Å²) in [5.74, 6) is -1.16. The first-order chi connectivity index (χ1) is 8.18. The lowest BCUT2D eigenvalue weighted by Gasteiger charge is -2.00. The van der Waals surface area contributed by atoms with Crippen LogP contribution >= 0.6 is 11.6 Å². The Morgan fingerprint density at radius 3 is 2.53 bits per heavy atom. The second-order valence-electron chi connectivity index (χ2n) is 3.63. The summed E-state index contributed by atoms with van der Waals surface area (Å²) in [5.41, 5.74) is -0.319. The van der Waals surface area contributed by atoms with E-state index in [9.17, 15) is 8.78 Å². The molecular formula is C11H6ClF2NO2. The number of halogens is 3. The SMILES string of the molecule is Fc1cccc(F)c1-c1noc(C2CO2)c1Cl. The molecule has 0 N–H and O–H groups in total. The van der Waals surface area contributed by atoms with Crippen molar-refractivity contribution in [2.45, 2.75) is 6.10 Å². The van der Waals surface area contributed by atoms with Crippen LogP contribution in [0.15, 0.2) is 22.7 Å². The van der Waals surface area contributed by atoms with Gasteiger partial charge in [0, 0.05) is 0 Å². The van der Waals surface area contributed by atoms with Crippen molar-refractivity contribution in [2.75, 3.05) is 6.61 Å². The van der Waals surface area contributed by atoms with E-state index in [-0.39, 0.29) is 22.4 Å². The van der Waals surface area contributed by atoms with Crippen molar-refractivity contribution in [2.24, 2.45) is 0 Å². The van der Waals surface area contributed by atoms with E-state index in [1.165, 1.54) is 6.07 Å². The third-order valence-corrected chi connectivity index (χ3v) is 2.85. The summed E-state index contributed by atoms with van der Waals surface area (Å²) in [5, 5.41) is 3.70. The van der Waals surface area contributed by atoms with E-state index in [0.717, 1.165) is 12.1 Å². The van der Waals surface area contributed by atoms with Gasteiger partial charge >= 0.3 is 0 Å². The quantitative estimate of drug-likeness (QED) is 0.775. The van der Waals surface area contributed by atoms with Crippen LogP contribution in [0.25, 0.3) is 11.3 Å². The fourth-order valence-corrected chi connectivity index (χ4v) is 1.86. The first-order valence-electron chi connectivity index (χ1n) is 4.89. The van der Waals surface area contributed by atoms with Gasteiger partial charge in [-0.15, -0.1) is 0 Å². The first-order valence-corrected chi connectivity index (χ1v) is 5.27. The van der Waals surface area contributed by atoms with Crippen LogP contribution in [0.3, 0.4) is 0 Å². The third-order valence-electron chi connectivity index (χ3n) is 2.48. The molecule has 1 saturated heterocycles. The van der Waals surface area contributed by atoms with Crippen LogP contribution in [0.2, 0.25) is 5.02 Å². The van der Waals surface area contributed by atoms with Crippen molar-refractivity contribution in [3.63, 3.8) is 0 Å².